The number of rotatable bonds is 6. The minimum absolute atomic E-state index is 0.0517. The van der Waals surface area contributed by atoms with E-state index in [0.29, 0.717) is 18.0 Å². The zero-order chi connectivity index (χ0) is 18.1. The SMILES string of the molecule is C[C@H]1CN(S(=O)(=O)NCc2ccc(S(=O)(=O)N(C)C)s2)C[C@H](C)O1. The molecule has 1 N–H and O–H groups in total. The summed E-state index contributed by atoms with van der Waals surface area (Å²) in [6.07, 6.45) is -0.326. The van der Waals surface area contributed by atoms with Crippen LogP contribution in [0, 0.1) is 0 Å². The molecule has 0 aliphatic carbocycles. The van der Waals surface area contributed by atoms with Gasteiger partial charge in [-0.2, -0.15) is 17.4 Å². The Labute approximate surface area is 147 Å². The van der Waals surface area contributed by atoms with E-state index in [0.717, 1.165) is 15.6 Å². The number of nitrogens with zero attached hydrogens (tertiary/aromatic N) is 2. The second-order valence-corrected chi connectivity index (χ2v) is 11.2. The van der Waals surface area contributed by atoms with Gasteiger partial charge < -0.3 is 4.74 Å². The number of morpholine rings is 1. The number of sulfonamides is 1. The van der Waals surface area contributed by atoms with E-state index in [1.54, 1.807) is 6.07 Å². The zero-order valence-electron chi connectivity index (χ0n) is 14.1. The van der Waals surface area contributed by atoms with Gasteiger partial charge in [0.2, 0.25) is 0 Å². The van der Waals surface area contributed by atoms with E-state index in [1.807, 2.05) is 13.8 Å². The molecular weight excluding hydrogens is 374 g/mol. The van der Waals surface area contributed by atoms with Gasteiger partial charge in [-0.25, -0.2) is 12.7 Å². The predicted molar refractivity (Wildman–Crippen MR) is 92.5 cm³/mol. The molecule has 138 valence electrons. The average Bonchev–Trinajstić information content (AvgIpc) is 2.93. The Hall–Kier alpha value is -0.560. The molecule has 0 radical (unpaired) electrons. The molecule has 1 saturated heterocycles. The monoisotopic (exact) mass is 397 g/mol. The Kier molecular flexibility index (Phi) is 6.06. The number of hydrogen-bond acceptors (Lipinski definition) is 6. The van der Waals surface area contributed by atoms with Crippen LogP contribution in [0.25, 0.3) is 0 Å². The van der Waals surface area contributed by atoms with Crippen molar-refractivity contribution in [3.8, 4) is 0 Å². The predicted octanol–water partition coefficient (Wildman–Crippen LogP) is 0.442. The first-order valence-corrected chi connectivity index (χ1v) is 11.1. The Morgan fingerprint density at radius 1 is 1.21 bits per heavy atom. The first-order valence-electron chi connectivity index (χ1n) is 7.44. The lowest BCUT2D eigenvalue weighted by molar-refractivity contribution is -0.0444. The molecule has 1 aromatic rings. The molecule has 0 spiro atoms. The van der Waals surface area contributed by atoms with Crippen molar-refractivity contribution in [2.75, 3.05) is 27.2 Å². The molecule has 2 atom stereocenters. The van der Waals surface area contributed by atoms with Crippen molar-refractivity contribution in [3.63, 3.8) is 0 Å². The van der Waals surface area contributed by atoms with Crippen molar-refractivity contribution in [1.29, 1.82) is 0 Å². The fourth-order valence-electron chi connectivity index (χ4n) is 2.35. The van der Waals surface area contributed by atoms with Crippen LogP contribution in [-0.4, -0.2) is 64.8 Å². The molecule has 1 aliphatic heterocycles. The van der Waals surface area contributed by atoms with Gasteiger partial charge in [-0.15, -0.1) is 11.3 Å². The highest BCUT2D eigenvalue weighted by molar-refractivity contribution is 7.91. The molecule has 2 heterocycles. The molecule has 0 unspecified atom stereocenters. The van der Waals surface area contributed by atoms with Gasteiger partial charge >= 0.3 is 0 Å². The summed E-state index contributed by atoms with van der Waals surface area (Å²) in [5.41, 5.74) is 0. The Morgan fingerprint density at radius 3 is 2.33 bits per heavy atom. The second-order valence-electron chi connectivity index (χ2n) is 5.91. The quantitative estimate of drug-likeness (QED) is 0.752. The molecule has 0 saturated carbocycles. The first kappa shape index (κ1) is 19.8. The van der Waals surface area contributed by atoms with Crippen molar-refractivity contribution in [1.82, 2.24) is 13.3 Å². The van der Waals surface area contributed by atoms with Crippen LogP contribution >= 0.6 is 11.3 Å². The molecule has 1 aliphatic rings. The van der Waals surface area contributed by atoms with Crippen LogP contribution in [-0.2, 0) is 31.5 Å². The lowest BCUT2D eigenvalue weighted by atomic mass is 10.3. The smallest absolute Gasteiger partial charge is 0.279 e. The maximum Gasteiger partial charge on any atom is 0.279 e. The van der Waals surface area contributed by atoms with Crippen molar-refractivity contribution in [2.45, 2.75) is 36.8 Å². The highest BCUT2D eigenvalue weighted by Gasteiger charge is 2.31. The van der Waals surface area contributed by atoms with Crippen molar-refractivity contribution < 1.29 is 21.6 Å². The van der Waals surface area contributed by atoms with Crippen LogP contribution in [0.2, 0.25) is 0 Å². The highest BCUT2D eigenvalue weighted by Crippen LogP contribution is 2.24. The third kappa shape index (κ3) is 4.54. The maximum atomic E-state index is 12.4. The number of ether oxygens (including phenoxy) is 1. The van der Waals surface area contributed by atoms with Crippen molar-refractivity contribution in [2.24, 2.45) is 0 Å². The van der Waals surface area contributed by atoms with Crippen LogP contribution in [0.1, 0.15) is 18.7 Å². The van der Waals surface area contributed by atoms with Gasteiger partial charge in [0.15, 0.2) is 0 Å². The average molecular weight is 398 g/mol. The van der Waals surface area contributed by atoms with Gasteiger partial charge in [0.25, 0.3) is 20.2 Å². The normalized spacial score (nSPS) is 23.7. The minimum atomic E-state index is -3.64. The molecule has 8 nitrogen and oxygen atoms in total. The minimum Gasteiger partial charge on any atom is -0.373 e. The number of hydrogen-bond donors (Lipinski definition) is 1. The first-order chi connectivity index (χ1) is 11.0. The van der Waals surface area contributed by atoms with Crippen LogP contribution in [0.15, 0.2) is 16.3 Å². The number of nitrogens with one attached hydrogen (secondary N) is 1. The van der Waals surface area contributed by atoms with E-state index in [2.05, 4.69) is 4.72 Å². The highest BCUT2D eigenvalue weighted by atomic mass is 32.2. The van der Waals surface area contributed by atoms with Crippen LogP contribution < -0.4 is 4.72 Å². The summed E-state index contributed by atoms with van der Waals surface area (Å²) in [6, 6.07) is 3.11. The van der Waals surface area contributed by atoms with Gasteiger partial charge in [-0.3, -0.25) is 0 Å². The largest absolute Gasteiger partial charge is 0.373 e. The summed E-state index contributed by atoms with van der Waals surface area (Å²) in [7, 11) is -4.22. The molecule has 24 heavy (non-hydrogen) atoms. The fourth-order valence-corrected chi connectivity index (χ4v) is 6.24. The molecule has 0 bridgehead atoms. The molecule has 0 aromatic carbocycles. The number of thiophene rings is 1. The summed E-state index contributed by atoms with van der Waals surface area (Å²) < 4.78 is 59.6. The van der Waals surface area contributed by atoms with Gasteiger partial charge in [-0.05, 0) is 26.0 Å². The van der Waals surface area contributed by atoms with Gasteiger partial charge in [0.05, 0.1) is 12.2 Å². The lowest BCUT2D eigenvalue weighted by Crippen LogP contribution is -2.51. The molecule has 0 amide bonds. The molecular formula is C13H23N3O5S3. The molecule has 1 fully saturated rings. The van der Waals surface area contributed by atoms with E-state index in [4.69, 9.17) is 4.74 Å². The van der Waals surface area contributed by atoms with Gasteiger partial charge in [0, 0.05) is 38.6 Å². The van der Waals surface area contributed by atoms with E-state index >= 15 is 0 Å². The summed E-state index contributed by atoms with van der Waals surface area (Å²) >= 11 is 1.06. The lowest BCUT2D eigenvalue weighted by Gasteiger charge is -2.34. The third-order valence-electron chi connectivity index (χ3n) is 3.53. The Morgan fingerprint density at radius 2 is 1.79 bits per heavy atom. The van der Waals surface area contributed by atoms with E-state index in [9.17, 15) is 16.8 Å². The van der Waals surface area contributed by atoms with Crippen molar-refractivity contribution in [3.05, 3.63) is 17.0 Å². The molecule has 1 aromatic heterocycles. The van der Waals surface area contributed by atoms with Gasteiger partial charge in [0.1, 0.15) is 4.21 Å². The second kappa shape index (κ2) is 7.36. The van der Waals surface area contributed by atoms with E-state index in [1.165, 1.54) is 24.5 Å². The third-order valence-corrected chi connectivity index (χ3v) is 8.38. The topological polar surface area (TPSA) is 96.0 Å². The summed E-state index contributed by atoms with van der Waals surface area (Å²) in [5.74, 6) is 0. The van der Waals surface area contributed by atoms with Crippen LogP contribution in [0.4, 0.5) is 0 Å². The summed E-state index contributed by atoms with van der Waals surface area (Å²) in [4.78, 5) is 0.633. The standard InChI is InChI=1S/C13H23N3O5S3/c1-10-8-16(9-11(2)21-10)24(19,20)14-7-12-5-6-13(22-12)23(17,18)15(3)4/h5-6,10-11,14H,7-9H2,1-4H3/t10-,11-/m0/s1. The molecule has 11 heteroatoms. The summed E-state index contributed by atoms with van der Waals surface area (Å²) in [6.45, 7) is 4.30. The Balaban J connectivity index is 2.04. The molecule has 2 rings (SSSR count). The maximum absolute atomic E-state index is 12.4. The van der Waals surface area contributed by atoms with Crippen molar-refractivity contribution >= 4 is 31.6 Å². The fraction of sp³-hybridized carbons (Fsp3) is 0.692. The van der Waals surface area contributed by atoms with Crippen LogP contribution in [0.5, 0.6) is 0 Å². The summed E-state index contributed by atoms with van der Waals surface area (Å²) in [5, 5.41) is 0. The van der Waals surface area contributed by atoms with Crippen LogP contribution in [0.3, 0.4) is 0 Å². The van der Waals surface area contributed by atoms with E-state index < -0.39 is 20.2 Å². The Bertz CT molecular complexity index is 763. The van der Waals surface area contributed by atoms with E-state index in [-0.39, 0.29) is 23.0 Å². The van der Waals surface area contributed by atoms with Gasteiger partial charge in [-0.1, -0.05) is 0 Å². The zero-order valence-corrected chi connectivity index (χ0v) is 16.5.